The van der Waals surface area contributed by atoms with E-state index in [1.165, 1.54) is 94.2 Å². The molecule has 0 atom stereocenters. The number of benzene rings is 1. The predicted octanol–water partition coefficient (Wildman–Crippen LogP) is 7.85. The van der Waals surface area contributed by atoms with Crippen LogP contribution in [0, 0.1) is 0 Å². The first kappa shape index (κ1) is 24.1. The minimum atomic E-state index is 1.06. The third kappa shape index (κ3) is 9.42. The number of unbranched alkanes of at least 4 members (excludes halogenated alkanes) is 10. The van der Waals surface area contributed by atoms with E-state index in [1.807, 2.05) is 0 Å². The first-order valence-electron chi connectivity index (χ1n) is 12.1. The predicted molar refractivity (Wildman–Crippen MR) is 129 cm³/mol. The van der Waals surface area contributed by atoms with Gasteiger partial charge in [-0.15, -0.1) is 11.8 Å². The SMILES string of the molecule is CCCCCCCCCCSC[n+]1ccn(CCCCCC)c1-c1ccccc1. The van der Waals surface area contributed by atoms with Crippen molar-refractivity contribution in [2.45, 2.75) is 103 Å². The standard InChI is InChI=1S/C26H43N2S/c1-3-5-7-9-10-11-12-17-23-29-24-28-22-21-27(20-16-8-6-4-2)26(28)25-18-14-13-15-19-25/h13-15,18-19,21-22H,3-12,16-17,20,23-24H2,1-2H3/q+1. The van der Waals surface area contributed by atoms with E-state index in [0.717, 1.165) is 12.4 Å². The molecule has 0 aliphatic heterocycles. The lowest BCUT2D eigenvalue weighted by Gasteiger charge is -2.06. The van der Waals surface area contributed by atoms with E-state index in [9.17, 15) is 0 Å². The zero-order chi connectivity index (χ0) is 20.6. The van der Waals surface area contributed by atoms with Crippen LogP contribution in [-0.2, 0) is 12.4 Å². The zero-order valence-corrected chi connectivity index (χ0v) is 19.8. The lowest BCUT2D eigenvalue weighted by atomic mass is 10.1. The summed E-state index contributed by atoms with van der Waals surface area (Å²) in [6.07, 6.45) is 21.0. The van der Waals surface area contributed by atoms with Crippen molar-refractivity contribution in [2.24, 2.45) is 0 Å². The molecule has 162 valence electrons. The molecule has 0 bridgehead atoms. The molecular formula is C26H43N2S+. The third-order valence-electron chi connectivity index (χ3n) is 5.63. The molecule has 0 radical (unpaired) electrons. The maximum atomic E-state index is 2.46. The lowest BCUT2D eigenvalue weighted by molar-refractivity contribution is -0.664. The average Bonchev–Trinajstić information content (AvgIpc) is 3.16. The first-order chi connectivity index (χ1) is 14.4. The second-order valence-electron chi connectivity index (χ2n) is 8.22. The van der Waals surface area contributed by atoms with Gasteiger partial charge in [-0.3, -0.25) is 0 Å². The van der Waals surface area contributed by atoms with Gasteiger partial charge in [-0.05, 0) is 37.1 Å². The molecular weight excluding hydrogens is 372 g/mol. The monoisotopic (exact) mass is 415 g/mol. The number of hydrogen-bond donors (Lipinski definition) is 0. The fourth-order valence-electron chi connectivity index (χ4n) is 3.88. The summed E-state index contributed by atoms with van der Waals surface area (Å²) in [5.41, 5.74) is 1.33. The Kier molecular flexibility index (Phi) is 12.9. The molecule has 29 heavy (non-hydrogen) atoms. The quantitative estimate of drug-likeness (QED) is 0.189. The van der Waals surface area contributed by atoms with Crippen molar-refractivity contribution < 1.29 is 4.57 Å². The number of imidazole rings is 1. The minimum Gasteiger partial charge on any atom is -0.230 e. The third-order valence-corrected chi connectivity index (χ3v) is 6.67. The van der Waals surface area contributed by atoms with Crippen LogP contribution in [0.5, 0.6) is 0 Å². The van der Waals surface area contributed by atoms with Gasteiger partial charge in [-0.25, -0.2) is 9.13 Å². The first-order valence-corrected chi connectivity index (χ1v) is 13.2. The Hall–Kier alpha value is -1.22. The summed E-state index contributed by atoms with van der Waals surface area (Å²) in [5.74, 6) is 3.70. The average molecular weight is 416 g/mol. The number of nitrogens with zero attached hydrogens (tertiary/aromatic N) is 2. The van der Waals surface area contributed by atoms with Gasteiger partial charge in [0.15, 0.2) is 0 Å². The normalized spacial score (nSPS) is 11.2. The van der Waals surface area contributed by atoms with Crippen molar-refractivity contribution in [2.75, 3.05) is 5.75 Å². The maximum Gasteiger partial charge on any atom is 0.289 e. The van der Waals surface area contributed by atoms with Crippen LogP contribution in [0.25, 0.3) is 11.4 Å². The van der Waals surface area contributed by atoms with Crippen LogP contribution in [0.4, 0.5) is 0 Å². The van der Waals surface area contributed by atoms with Crippen molar-refractivity contribution in [3.05, 3.63) is 42.7 Å². The maximum absolute atomic E-state index is 2.46. The molecule has 2 aromatic rings. The molecule has 0 unspecified atom stereocenters. The Morgan fingerprint density at radius 3 is 2.07 bits per heavy atom. The summed E-state index contributed by atoms with van der Waals surface area (Å²) in [6, 6.07) is 10.9. The largest absolute Gasteiger partial charge is 0.289 e. The molecule has 2 rings (SSSR count). The van der Waals surface area contributed by atoms with Crippen LogP contribution in [0.2, 0.25) is 0 Å². The number of thioether (sulfide) groups is 1. The molecule has 3 heteroatoms. The Labute approximate surface area is 184 Å². The van der Waals surface area contributed by atoms with Gasteiger partial charge in [-0.1, -0.05) is 89.8 Å². The van der Waals surface area contributed by atoms with Gasteiger partial charge in [0.1, 0.15) is 18.3 Å². The molecule has 0 fully saturated rings. The fraction of sp³-hybridized carbons (Fsp3) is 0.654. The van der Waals surface area contributed by atoms with Crippen molar-refractivity contribution in [1.29, 1.82) is 0 Å². The number of aromatic nitrogens is 2. The van der Waals surface area contributed by atoms with Crippen LogP contribution >= 0.6 is 11.8 Å². The summed E-state index contributed by atoms with van der Waals surface area (Å²) in [4.78, 5) is 0. The van der Waals surface area contributed by atoms with Gasteiger partial charge in [0, 0.05) is 0 Å². The Morgan fingerprint density at radius 2 is 1.38 bits per heavy atom. The van der Waals surface area contributed by atoms with E-state index in [0.29, 0.717) is 0 Å². The Bertz CT molecular complexity index is 635. The number of aryl methyl sites for hydroxylation is 1. The van der Waals surface area contributed by atoms with Crippen molar-refractivity contribution in [3.63, 3.8) is 0 Å². The fourth-order valence-corrected chi connectivity index (χ4v) is 4.82. The van der Waals surface area contributed by atoms with Crippen LogP contribution in [0.3, 0.4) is 0 Å². The van der Waals surface area contributed by atoms with Gasteiger partial charge in [0.25, 0.3) is 5.82 Å². The van der Waals surface area contributed by atoms with Crippen LogP contribution in [0.15, 0.2) is 42.7 Å². The summed E-state index contributed by atoms with van der Waals surface area (Å²) in [5, 5.41) is 0. The highest BCUT2D eigenvalue weighted by molar-refractivity contribution is 7.98. The van der Waals surface area contributed by atoms with Crippen molar-refractivity contribution in [3.8, 4) is 11.4 Å². The molecule has 0 saturated heterocycles. The van der Waals surface area contributed by atoms with E-state index >= 15 is 0 Å². The highest BCUT2D eigenvalue weighted by Gasteiger charge is 2.18. The Morgan fingerprint density at radius 1 is 0.759 bits per heavy atom. The van der Waals surface area contributed by atoms with Crippen LogP contribution < -0.4 is 4.57 Å². The highest BCUT2D eigenvalue weighted by atomic mass is 32.2. The van der Waals surface area contributed by atoms with E-state index in [2.05, 4.69) is 77.5 Å². The summed E-state index contributed by atoms with van der Waals surface area (Å²) in [6.45, 7) is 5.70. The number of rotatable bonds is 17. The van der Waals surface area contributed by atoms with Crippen molar-refractivity contribution >= 4 is 11.8 Å². The van der Waals surface area contributed by atoms with Crippen molar-refractivity contribution in [1.82, 2.24) is 4.57 Å². The molecule has 1 aromatic heterocycles. The highest BCUT2D eigenvalue weighted by Crippen LogP contribution is 2.18. The van der Waals surface area contributed by atoms with E-state index < -0.39 is 0 Å². The van der Waals surface area contributed by atoms with Gasteiger partial charge >= 0.3 is 0 Å². The summed E-state index contributed by atoms with van der Waals surface area (Å²) >= 11 is 2.08. The van der Waals surface area contributed by atoms with Gasteiger partial charge in [0.2, 0.25) is 0 Å². The van der Waals surface area contributed by atoms with E-state index in [1.54, 1.807) is 0 Å². The molecule has 0 aliphatic rings. The number of hydrogen-bond acceptors (Lipinski definition) is 1. The smallest absolute Gasteiger partial charge is 0.230 e. The van der Waals surface area contributed by atoms with Gasteiger partial charge < -0.3 is 0 Å². The molecule has 0 aliphatic carbocycles. The zero-order valence-electron chi connectivity index (χ0n) is 19.0. The van der Waals surface area contributed by atoms with E-state index in [-0.39, 0.29) is 0 Å². The van der Waals surface area contributed by atoms with Gasteiger partial charge in [-0.2, -0.15) is 0 Å². The Balaban J connectivity index is 1.78. The molecule has 0 amide bonds. The van der Waals surface area contributed by atoms with Gasteiger partial charge in [0.05, 0.1) is 12.1 Å². The topological polar surface area (TPSA) is 8.81 Å². The molecule has 0 saturated carbocycles. The second kappa shape index (κ2) is 15.6. The minimum absolute atomic E-state index is 1.06. The summed E-state index contributed by atoms with van der Waals surface area (Å²) < 4.78 is 4.91. The van der Waals surface area contributed by atoms with Crippen LogP contribution in [0.1, 0.15) is 90.9 Å². The van der Waals surface area contributed by atoms with Crippen LogP contribution in [-0.4, -0.2) is 10.3 Å². The summed E-state index contributed by atoms with van der Waals surface area (Å²) in [7, 11) is 0. The second-order valence-corrected chi connectivity index (χ2v) is 9.30. The molecule has 2 nitrogen and oxygen atoms in total. The molecule has 1 heterocycles. The lowest BCUT2D eigenvalue weighted by Crippen LogP contribution is -2.33. The van der Waals surface area contributed by atoms with E-state index in [4.69, 9.17) is 0 Å². The molecule has 0 N–H and O–H groups in total. The molecule has 0 spiro atoms. The molecule has 1 aromatic carbocycles.